The number of pyridine rings is 1. The molecular weight excluding hydrogens is 240 g/mol. The van der Waals surface area contributed by atoms with E-state index >= 15 is 0 Å². The van der Waals surface area contributed by atoms with E-state index in [1.807, 2.05) is 31.2 Å². The van der Waals surface area contributed by atoms with Crippen molar-refractivity contribution in [3.8, 4) is 11.5 Å². The topological polar surface area (TPSA) is 63.8 Å². The summed E-state index contributed by atoms with van der Waals surface area (Å²) in [4.78, 5) is 8.83. The molecule has 5 nitrogen and oxygen atoms in total. The third-order valence-electron chi connectivity index (χ3n) is 2.91. The van der Waals surface area contributed by atoms with Crippen LogP contribution in [0.25, 0.3) is 22.4 Å². The van der Waals surface area contributed by atoms with Crippen molar-refractivity contribution in [2.45, 2.75) is 13.8 Å². The van der Waals surface area contributed by atoms with Crippen LogP contribution in [0, 0.1) is 6.92 Å². The molecule has 3 aromatic rings. The normalized spacial score (nSPS) is 10.8. The number of benzene rings is 1. The van der Waals surface area contributed by atoms with Gasteiger partial charge in [-0.25, -0.2) is 4.98 Å². The van der Waals surface area contributed by atoms with Crippen molar-refractivity contribution in [1.29, 1.82) is 0 Å². The number of aromatic nitrogens is 3. The van der Waals surface area contributed by atoms with Gasteiger partial charge in [-0.1, -0.05) is 23.4 Å². The minimum absolute atomic E-state index is 0.421. The summed E-state index contributed by atoms with van der Waals surface area (Å²) in [5.41, 5.74) is 2.81. The van der Waals surface area contributed by atoms with Crippen molar-refractivity contribution in [1.82, 2.24) is 15.1 Å². The molecule has 96 valence electrons. The number of rotatable bonds is 3. The number of aryl methyl sites for hydroxylation is 1. The van der Waals surface area contributed by atoms with Gasteiger partial charge in [-0.3, -0.25) is 0 Å². The molecule has 0 fully saturated rings. The first-order chi connectivity index (χ1) is 9.28. The van der Waals surface area contributed by atoms with Crippen LogP contribution in [0.15, 0.2) is 34.9 Å². The third-order valence-corrected chi connectivity index (χ3v) is 2.91. The summed E-state index contributed by atoms with van der Waals surface area (Å²) in [5.74, 6) is 0.504. The molecule has 19 heavy (non-hydrogen) atoms. The van der Waals surface area contributed by atoms with Gasteiger partial charge in [-0.05, 0) is 31.5 Å². The monoisotopic (exact) mass is 254 g/mol. The molecule has 5 heteroatoms. The minimum atomic E-state index is 0.421. The zero-order chi connectivity index (χ0) is 13.2. The lowest BCUT2D eigenvalue weighted by Gasteiger charge is -2.03. The van der Waals surface area contributed by atoms with Crippen LogP contribution in [0.4, 0.5) is 6.01 Å². The molecule has 0 aliphatic rings. The van der Waals surface area contributed by atoms with Crippen LogP contribution in [0.3, 0.4) is 0 Å². The van der Waals surface area contributed by atoms with E-state index < -0.39 is 0 Å². The number of hydrogen-bond acceptors (Lipinski definition) is 5. The molecule has 0 spiro atoms. The maximum Gasteiger partial charge on any atom is 0.321 e. The Morgan fingerprint density at radius 1 is 1.21 bits per heavy atom. The van der Waals surface area contributed by atoms with Crippen LogP contribution >= 0.6 is 0 Å². The van der Waals surface area contributed by atoms with Crippen molar-refractivity contribution in [3.63, 3.8) is 0 Å². The van der Waals surface area contributed by atoms with Crippen molar-refractivity contribution in [2.24, 2.45) is 0 Å². The highest BCUT2D eigenvalue weighted by molar-refractivity contribution is 5.84. The highest BCUT2D eigenvalue weighted by Gasteiger charge is 2.11. The number of fused-ring (bicyclic) bond motifs is 1. The van der Waals surface area contributed by atoms with Crippen molar-refractivity contribution >= 4 is 16.9 Å². The van der Waals surface area contributed by atoms with Gasteiger partial charge in [0.15, 0.2) is 0 Å². The number of anilines is 1. The number of nitrogens with one attached hydrogen (secondary N) is 1. The lowest BCUT2D eigenvalue weighted by atomic mass is 10.1. The van der Waals surface area contributed by atoms with E-state index in [1.165, 1.54) is 0 Å². The van der Waals surface area contributed by atoms with Crippen LogP contribution in [-0.4, -0.2) is 21.7 Å². The molecule has 0 saturated heterocycles. The number of para-hydroxylation sites is 1. The molecule has 0 atom stereocenters. The van der Waals surface area contributed by atoms with Crippen LogP contribution in [0.1, 0.15) is 12.5 Å². The van der Waals surface area contributed by atoms with E-state index in [0.29, 0.717) is 11.8 Å². The van der Waals surface area contributed by atoms with E-state index in [9.17, 15) is 0 Å². The molecule has 0 saturated carbocycles. The largest absolute Gasteiger partial charge is 0.338 e. The maximum absolute atomic E-state index is 5.10. The van der Waals surface area contributed by atoms with E-state index in [4.69, 9.17) is 4.52 Å². The third kappa shape index (κ3) is 2.14. The molecule has 2 aromatic heterocycles. The molecule has 3 rings (SSSR count). The van der Waals surface area contributed by atoms with Gasteiger partial charge in [-0.15, -0.1) is 0 Å². The first kappa shape index (κ1) is 11.6. The standard InChI is InChI=1S/C14H14N4O/c1-3-15-14-17-13(18-19-14)12-8-9(2)10-6-4-5-7-11(10)16-12/h4-8H,3H2,1-2H3,(H,15,17,18). The van der Waals surface area contributed by atoms with Crippen molar-refractivity contribution in [3.05, 3.63) is 35.9 Å². The molecule has 0 aliphatic heterocycles. The Bertz CT molecular complexity index is 720. The fourth-order valence-electron chi connectivity index (χ4n) is 2.01. The quantitative estimate of drug-likeness (QED) is 0.778. The lowest BCUT2D eigenvalue weighted by molar-refractivity contribution is 0.432. The fourth-order valence-corrected chi connectivity index (χ4v) is 2.01. The Morgan fingerprint density at radius 2 is 2.05 bits per heavy atom. The summed E-state index contributed by atoms with van der Waals surface area (Å²) in [6, 6.07) is 10.4. The fraction of sp³-hybridized carbons (Fsp3) is 0.214. The van der Waals surface area contributed by atoms with E-state index in [0.717, 1.165) is 28.7 Å². The molecule has 1 N–H and O–H groups in total. The Morgan fingerprint density at radius 3 is 2.89 bits per heavy atom. The van der Waals surface area contributed by atoms with E-state index in [2.05, 4.69) is 33.4 Å². The number of hydrogen-bond donors (Lipinski definition) is 1. The smallest absolute Gasteiger partial charge is 0.321 e. The Balaban J connectivity index is 2.09. The molecule has 0 radical (unpaired) electrons. The zero-order valence-corrected chi connectivity index (χ0v) is 10.8. The predicted octanol–water partition coefficient (Wildman–Crippen LogP) is 3.03. The second-order valence-electron chi connectivity index (χ2n) is 4.30. The first-order valence-corrected chi connectivity index (χ1v) is 6.22. The summed E-state index contributed by atoms with van der Waals surface area (Å²) in [5, 5.41) is 8.06. The van der Waals surface area contributed by atoms with E-state index in [1.54, 1.807) is 0 Å². The predicted molar refractivity (Wildman–Crippen MR) is 73.9 cm³/mol. The average molecular weight is 254 g/mol. The average Bonchev–Trinajstić information content (AvgIpc) is 2.88. The summed E-state index contributed by atoms with van der Waals surface area (Å²) in [6.07, 6.45) is 0. The van der Waals surface area contributed by atoms with Gasteiger partial charge in [0.25, 0.3) is 0 Å². The molecule has 0 aliphatic carbocycles. The second kappa shape index (κ2) is 4.68. The van der Waals surface area contributed by atoms with Gasteiger partial charge in [-0.2, -0.15) is 4.98 Å². The maximum atomic E-state index is 5.10. The molecule has 2 heterocycles. The van der Waals surface area contributed by atoms with Crippen LogP contribution in [-0.2, 0) is 0 Å². The van der Waals surface area contributed by atoms with Crippen molar-refractivity contribution in [2.75, 3.05) is 11.9 Å². The van der Waals surface area contributed by atoms with Gasteiger partial charge in [0.05, 0.1) is 5.52 Å². The summed E-state index contributed by atoms with van der Waals surface area (Å²) in [7, 11) is 0. The first-order valence-electron chi connectivity index (χ1n) is 6.22. The highest BCUT2D eigenvalue weighted by Crippen LogP contribution is 2.23. The van der Waals surface area contributed by atoms with Gasteiger partial charge in [0.2, 0.25) is 5.82 Å². The lowest BCUT2D eigenvalue weighted by Crippen LogP contribution is -1.96. The summed E-state index contributed by atoms with van der Waals surface area (Å²) in [6.45, 7) is 4.77. The molecule has 0 bridgehead atoms. The highest BCUT2D eigenvalue weighted by atomic mass is 16.5. The molecule has 1 aromatic carbocycles. The summed E-state index contributed by atoms with van der Waals surface area (Å²) < 4.78 is 5.10. The SMILES string of the molecule is CCNc1nc(-c2cc(C)c3ccccc3n2)no1. The molecule has 0 amide bonds. The Hall–Kier alpha value is -2.43. The number of nitrogens with zero attached hydrogens (tertiary/aromatic N) is 3. The Labute approximate surface area is 110 Å². The van der Waals surface area contributed by atoms with Gasteiger partial charge in [0.1, 0.15) is 5.69 Å². The zero-order valence-electron chi connectivity index (χ0n) is 10.8. The van der Waals surface area contributed by atoms with Crippen LogP contribution in [0.5, 0.6) is 0 Å². The van der Waals surface area contributed by atoms with Crippen LogP contribution in [0.2, 0.25) is 0 Å². The minimum Gasteiger partial charge on any atom is -0.338 e. The Kier molecular flexibility index (Phi) is 2.87. The van der Waals surface area contributed by atoms with Gasteiger partial charge < -0.3 is 9.84 Å². The van der Waals surface area contributed by atoms with Gasteiger partial charge >= 0.3 is 6.01 Å². The van der Waals surface area contributed by atoms with Crippen LogP contribution < -0.4 is 5.32 Å². The molecular formula is C14H14N4O. The van der Waals surface area contributed by atoms with E-state index in [-0.39, 0.29) is 0 Å². The summed E-state index contributed by atoms with van der Waals surface area (Å²) >= 11 is 0. The van der Waals surface area contributed by atoms with Crippen molar-refractivity contribution < 1.29 is 4.52 Å². The second-order valence-corrected chi connectivity index (χ2v) is 4.30. The molecule has 0 unspecified atom stereocenters. The van der Waals surface area contributed by atoms with Gasteiger partial charge in [0, 0.05) is 11.9 Å².